The summed E-state index contributed by atoms with van der Waals surface area (Å²) in [6, 6.07) is 7.05. The molecule has 1 atom stereocenters. The number of aryl methyl sites for hydroxylation is 1. The molecule has 2 heterocycles. The molecule has 19 heavy (non-hydrogen) atoms. The third kappa shape index (κ3) is 3.19. The van der Waals surface area contributed by atoms with Crippen LogP contribution in [-0.2, 0) is 18.4 Å². The largest absolute Gasteiger partial charge is 0.383 e. The fraction of sp³-hybridized carbons (Fsp3) is 0.400. The lowest BCUT2D eigenvalue weighted by Crippen LogP contribution is -2.28. The van der Waals surface area contributed by atoms with Crippen LogP contribution in [0.15, 0.2) is 30.5 Å². The number of hydrogen-bond acceptors (Lipinski definition) is 3. The fourth-order valence-corrected chi connectivity index (χ4v) is 3.11. The molecule has 102 valence electrons. The maximum Gasteiger partial charge on any atom is 0.141 e. The van der Waals surface area contributed by atoms with Gasteiger partial charge in [-0.1, -0.05) is 13.8 Å². The van der Waals surface area contributed by atoms with E-state index in [-0.39, 0.29) is 5.82 Å². The first-order valence-electron chi connectivity index (χ1n) is 6.49. The van der Waals surface area contributed by atoms with Gasteiger partial charge in [0.2, 0.25) is 0 Å². The van der Waals surface area contributed by atoms with Crippen molar-refractivity contribution in [2.45, 2.75) is 38.7 Å². The van der Waals surface area contributed by atoms with Gasteiger partial charge in [0.05, 0.1) is 11.9 Å². The van der Waals surface area contributed by atoms with Gasteiger partial charge in [0.15, 0.2) is 0 Å². The summed E-state index contributed by atoms with van der Waals surface area (Å²) in [6.07, 6.45) is 3.23. The summed E-state index contributed by atoms with van der Waals surface area (Å²) in [5.74, 6) is -0.383. The molecule has 0 amide bonds. The topological polar surface area (TPSA) is 33.1 Å². The summed E-state index contributed by atoms with van der Waals surface area (Å²) in [6.45, 7) is 4.03. The van der Waals surface area contributed by atoms with Crippen molar-refractivity contribution in [3.05, 3.63) is 51.7 Å². The van der Waals surface area contributed by atoms with E-state index in [4.69, 9.17) is 0 Å². The van der Waals surface area contributed by atoms with Crippen LogP contribution in [-0.4, -0.2) is 10.1 Å². The number of rotatable bonds is 5. The monoisotopic (exact) mass is 279 g/mol. The first-order valence-corrected chi connectivity index (χ1v) is 7.31. The van der Waals surface area contributed by atoms with E-state index >= 15 is 0 Å². The van der Waals surface area contributed by atoms with Crippen LogP contribution in [0.2, 0.25) is 0 Å². The summed E-state index contributed by atoms with van der Waals surface area (Å²) >= 11 is 1.71. The number of halogens is 1. The Kier molecular flexibility index (Phi) is 4.32. The van der Waals surface area contributed by atoms with Crippen molar-refractivity contribution >= 4 is 11.3 Å². The van der Waals surface area contributed by atoms with E-state index in [1.165, 1.54) is 10.9 Å². The highest BCUT2D eigenvalue weighted by molar-refractivity contribution is 7.12. The smallest absolute Gasteiger partial charge is 0.141 e. The van der Waals surface area contributed by atoms with Gasteiger partial charge in [-0.05, 0) is 37.1 Å². The second kappa shape index (κ2) is 5.80. The van der Waals surface area contributed by atoms with E-state index in [9.17, 15) is 9.50 Å². The van der Waals surface area contributed by atoms with E-state index in [2.05, 4.69) is 18.0 Å². The van der Waals surface area contributed by atoms with E-state index in [1.54, 1.807) is 17.4 Å². The molecular formula is C15H18FNOS. The van der Waals surface area contributed by atoms with E-state index in [1.807, 2.05) is 13.0 Å². The summed E-state index contributed by atoms with van der Waals surface area (Å²) in [5, 5.41) is 10.7. The van der Waals surface area contributed by atoms with Crippen molar-refractivity contribution in [2.24, 2.45) is 0 Å². The van der Waals surface area contributed by atoms with Gasteiger partial charge in [0, 0.05) is 16.2 Å². The summed E-state index contributed by atoms with van der Waals surface area (Å²) < 4.78 is 12.9. The van der Waals surface area contributed by atoms with Crippen LogP contribution in [0.25, 0.3) is 0 Å². The molecule has 2 rings (SSSR count). The second-order valence-electron chi connectivity index (χ2n) is 4.65. The third-order valence-corrected chi connectivity index (χ3v) is 4.55. The van der Waals surface area contributed by atoms with Crippen LogP contribution in [0, 0.1) is 5.82 Å². The Balaban J connectivity index is 2.24. The molecule has 0 radical (unpaired) electrons. The van der Waals surface area contributed by atoms with Crippen molar-refractivity contribution in [1.29, 1.82) is 0 Å². The predicted molar refractivity (Wildman–Crippen MR) is 75.8 cm³/mol. The molecule has 2 aromatic heterocycles. The van der Waals surface area contributed by atoms with E-state index in [0.717, 1.165) is 17.5 Å². The normalized spacial score (nSPS) is 14.3. The van der Waals surface area contributed by atoms with Crippen molar-refractivity contribution in [2.75, 3.05) is 0 Å². The van der Waals surface area contributed by atoms with Crippen LogP contribution in [0.1, 0.15) is 35.7 Å². The fourth-order valence-electron chi connectivity index (χ4n) is 2.04. The summed E-state index contributed by atoms with van der Waals surface area (Å²) in [4.78, 5) is 6.46. The zero-order valence-electron chi connectivity index (χ0n) is 11.2. The van der Waals surface area contributed by atoms with Crippen molar-refractivity contribution in [3.8, 4) is 0 Å². The maximum absolute atomic E-state index is 12.9. The number of hydrogen-bond donors (Lipinski definition) is 1. The van der Waals surface area contributed by atoms with Crippen molar-refractivity contribution in [3.63, 3.8) is 0 Å². The number of nitrogens with zero attached hydrogens (tertiary/aromatic N) is 1. The van der Waals surface area contributed by atoms with Crippen LogP contribution in [0.4, 0.5) is 4.39 Å². The molecule has 1 N–H and O–H groups in total. The molecule has 0 bridgehead atoms. The third-order valence-electron chi connectivity index (χ3n) is 3.32. The maximum atomic E-state index is 12.9. The Morgan fingerprint density at radius 3 is 2.47 bits per heavy atom. The highest BCUT2D eigenvalue weighted by Gasteiger charge is 2.29. The van der Waals surface area contributed by atoms with Crippen molar-refractivity contribution in [1.82, 2.24) is 4.98 Å². The average Bonchev–Trinajstić information content (AvgIpc) is 2.86. The average molecular weight is 279 g/mol. The minimum Gasteiger partial charge on any atom is -0.383 e. The quantitative estimate of drug-likeness (QED) is 0.905. The molecule has 0 fully saturated rings. The van der Waals surface area contributed by atoms with Crippen molar-refractivity contribution < 1.29 is 9.50 Å². The Morgan fingerprint density at radius 1 is 1.21 bits per heavy atom. The first-order chi connectivity index (χ1) is 9.07. The molecular weight excluding hydrogens is 261 g/mol. The Morgan fingerprint density at radius 2 is 1.95 bits per heavy atom. The van der Waals surface area contributed by atoms with Crippen LogP contribution in [0.5, 0.6) is 0 Å². The molecule has 1 unspecified atom stereocenters. The van der Waals surface area contributed by atoms with Gasteiger partial charge in [-0.15, -0.1) is 11.3 Å². The van der Waals surface area contributed by atoms with Gasteiger partial charge < -0.3 is 5.11 Å². The van der Waals surface area contributed by atoms with Crippen LogP contribution in [0.3, 0.4) is 0 Å². The van der Waals surface area contributed by atoms with Gasteiger partial charge >= 0.3 is 0 Å². The number of aliphatic hydroxyl groups is 1. The number of pyridine rings is 1. The molecule has 0 aromatic carbocycles. The summed E-state index contributed by atoms with van der Waals surface area (Å²) in [7, 11) is 0. The molecule has 0 saturated carbocycles. The lowest BCUT2D eigenvalue weighted by molar-refractivity contribution is 0.0290. The minimum atomic E-state index is -1.02. The minimum absolute atomic E-state index is 0.383. The van der Waals surface area contributed by atoms with E-state index < -0.39 is 5.60 Å². The first kappa shape index (κ1) is 14.2. The summed E-state index contributed by atoms with van der Waals surface area (Å²) in [5.41, 5.74) is -0.494. The zero-order chi connectivity index (χ0) is 13.9. The van der Waals surface area contributed by atoms with Gasteiger partial charge in [0.25, 0.3) is 0 Å². The van der Waals surface area contributed by atoms with Crippen LogP contribution >= 0.6 is 11.3 Å². The van der Waals surface area contributed by atoms with Gasteiger partial charge in [-0.25, -0.2) is 4.39 Å². The molecule has 4 heteroatoms. The molecule has 2 nitrogen and oxygen atoms in total. The molecule has 2 aromatic rings. The number of aromatic nitrogens is 1. The zero-order valence-corrected chi connectivity index (χ0v) is 12.0. The van der Waals surface area contributed by atoms with Gasteiger partial charge in [0.1, 0.15) is 11.4 Å². The lowest BCUT2D eigenvalue weighted by atomic mass is 9.91. The van der Waals surface area contributed by atoms with Gasteiger partial charge in [-0.2, -0.15) is 0 Å². The second-order valence-corrected chi connectivity index (χ2v) is 5.90. The highest BCUT2D eigenvalue weighted by Crippen LogP contribution is 2.30. The van der Waals surface area contributed by atoms with Crippen LogP contribution < -0.4 is 0 Å². The Hall–Kier alpha value is -1.26. The molecule has 0 saturated heterocycles. The molecule has 0 aliphatic heterocycles. The molecule has 0 aliphatic carbocycles. The van der Waals surface area contributed by atoms with E-state index in [0.29, 0.717) is 18.5 Å². The Labute approximate surface area is 116 Å². The predicted octanol–water partition coefficient (Wildman–Crippen LogP) is 3.68. The lowest BCUT2D eigenvalue weighted by Gasteiger charge is -2.25. The Bertz CT molecular complexity index is 537. The highest BCUT2D eigenvalue weighted by atomic mass is 32.1. The standard InChI is InChI=1S/C15H18FNOS/c1-3-12-6-7-13(19-12)9-15(18,4-2)14-8-5-11(16)10-17-14/h5-8,10,18H,3-4,9H2,1-2H3. The molecule has 0 spiro atoms. The molecule has 0 aliphatic rings. The van der Waals surface area contributed by atoms with Gasteiger partial charge in [-0.3, -0.25) is 4.98 Å². The SMILES string of the molecule is CCc1ccc(CC(O)(CC)c2ccc(F)cn2)s1. The number of thiophene rings is 1.